The number of allylic oxidation sites excluding steroid dienone is 1. The Bertz CT molecular complexity index is 1260. The zero-order valence-corrected chi connectivity index (χ0v) is 16.0. The van der Waals surface area contributed by atoms with Gasteiger partial charge in [-0.25, -0.2) is 0 Å². The number of nitrogens with one attached hydrogen (secondary N) is 1. The predicted octanol–water partition coefficient (Wildman–Crippen LogP) is 5.73. The summed E-state index contributed by atoms with van der Waals surface area (Å²) in [7, 11) is 0. The standard InChI is InChI=1S/C24H18N2OS/c27-24-23(21-12-6-14-28-21)22(18-9-1-2-11-20(18)26-24)17-8-5-7-16(15-17)19-10-3-4-13-25-19/h1-5,7-13,15H,6,14H2,(H,26,27). The van der Waals surface area contributed by atoms with E-state index < -0.39 is 0 Å². The Morgan fingerprint density at radius 2 is 1.75 bits per heavy atom. The van der Waals surface area contributed by atoms with Crippen molar-refractivity contribution in [2.45, 2.75) is 6.42 Å². The van der Waals surface area contributed by atoms with E-state index in [1.165, 1.54) is 0 Å². The number of fused-ring (bicyclic) bond motifs is 1. The SMILES string of the molecule is O=c1[nH]c2ccccc2c(-c2cccc(-c3ccccn3)c2)c1C1=CCCS1. The summed E-state index contributed by atoms with van der Waals surface area (Å²) in [5.74, 6) is 1.02. The molecule has 0 atom stereocenters. The topological polar surface area (TPSA) is 45.8 Å². The summed E-state index contributed by atoms with van der Waals surface area (Å²) in [6.45, 7) is 0. The third-order valence-corrected chi connectivity index (χ3v) is 6.11. The van der Waals surface area contributed by atoms with Crippen LogP contribution in [0, 0.1) is 0 Å². The predicted molar refractivity (Wildman–Crippen MR) is 118 cm³/mol. The highest BCUT2D eigenvalue weighted by Gasteiger charge is 2.20. The van der Waals surface area contributed by atoms with Crippen LogP contribution in [0.4, 0.5) is 0 Å². The lowest BCUT2D eigenvalue weighted by molar-refractivity contribution is 1.27. The largest absolute Gasteiger partial charge is 0.321 e. The smallest absolute Gasteiger partial charge is 0.257 e. The maximum absolute atomic E-state index is 13.0. The van der Waals surface area contributed by atoms with Crippen molar-refractivity contribution in [3.63, 3.8) is 0 Å². The number of hydrogen-bond acceptors (Lipinski definition) is 3. The first-order chi connectivity index (χ1) is 13.8. The van der Waals surface area contributed by atoms with Crippen LogP contribution in [0.1, 0.15) is 12.0 Å². The minimum atomic E-state index is -0.0300. The number of pyridine rings is 2. The molecule has 4 heteroatoms. The molecule has 136 valence electrons. The van der Waals surface area contributed by atoms with Crippen LogP contribution in [0.25, 0.3) is 38.2 Å². The van der Waals surface area contributed by atoms with Crippen molar-refractivity contribution >= 4 is 27.6 Å². The lowest BCUT2D eigenvalue weighted by Gasteiger charge is -2.14. The molecule has 3 nitrogen and oxygen atoms in total. The first kappa shape index (κ1) is 17.0. The Morgan fingerprint density at radius 3 is 2.57 bits per heavy atom. The molecule has 1 aliphatic rings. The number of nitrogens with zero attached hydrogens (tertiary/aromatic N) is 1. The minimum absolute atomic E-state index is 0.0300. The summed E-state index contributed by atoms with van der Waals surface area (Å²) in [5, 5.41) is 1.06. The molecule has 0 amide bonds. The number of aromatic nitrogens is 2. The molecule has 0 unspecified atom stereocenters. The van der Waals surface area contributed by atoms with Crippen LogP contribution in [0.3, 0.4) is 0 Å². The maximum atomic E-state index is 13.0. The Kier molecular flexibility index (Phi) is 4.34. The summed E-state index contributed by atoms with van der Waals surface area (Å²) in [5.41, 5.74) is 5.61. The third kappa shape index (κ3) is 2.96. The van der Waals surface area contributed by atoms with Gasteiger partial charge in [-0.15, -0.1) is 11.8 Å². The van der Waals surface area contributed by atoms with E-state index in [-0.39, 0.29) is 5.56 Å². The van der Waals surface area contributed by atoms with Crippen molar-refractivity contribution in [1.29, 1.82) is 0 Å². The second-order valence-corrected chi connectivity index (χ2v) is 7.89. The van der Waals surface area contributed by atoms with Gasteiger partial charge in [-0.2, -0.15) is 0 Å². The second kappa shape index (κ2) is 7.13. The van der Waals surface area contributed by atoms with E-state index in [0.717, 1.165) is 55.9 Å². The van der Waals surface area contributed by atoms with Gasteiger partial charge in [0.05, 0.1) is 11.3 Å². The van der Waals surface area contributed by atoms with Gasteiger partial charge in [-0.1, -0.05) is 48.5 Å². The van der Waals surface area contributed by atoms with Gasteiger partial charge in [0.2, 0.25) is 0 Å². The molecule has 3 heterocycles. The van der Waals surface area contributed by atoms with Crippen LogP contribution in [0.2, 0.25) is 0 Å². The van der Waals surface area contributed by atoms with Crippen LogP contribution in [0.15, 0.2) is 83.8 Å². The molecule has 1 aliphatic heterocycles. The number of para-hydroxylation sites is 1. The average molecular weight is 382 g/mol. The van der Waals surface area contributed by atoms with E-state index in [9.17, 15) is 4.79 Å². The van der Waals surface area contributed by atoms with Crippen molar-refractivity contribution in [2.75, 3.05) is 5.75 Å². The van der Waals surface area contributed by atoms with Gasteiger partial charge in [0.15, 0.2) is 0 Å². The van der Waals surface area contributed by atoms with Gasteiger partial charge in [0.1, 0.15) is 0 Å². The van der Waals surface area contributed by atoms with E-state index in [1.54, 1.807) is 18.0 Å². The normalized spacial score (nSPS) is 13.6. The Labute approximate surface area is 167 Å². The highest BCUT2D eigenvalue weighted by Crippen LogP contribution is 2.40. The van der Waals surface area contributed by atoms with Crippen molar-refractivity contribution in [2.24, 2.45) is 0 Å². The first-order valence-electron chi connectivity index (χ1n) is 9.31. The molecule has 0 aliphatic carbocycles. The van der Waals surface area contributed by atoms with E-state index in [0.29, 0.717) is 0 Å². The van der Waals surface area contributed by atoms with Crippen LogP contribution < -0.4 is 5.56 Å². The molecule has 0 saturated carbocycles. The van der Waals surface area contributed by atoms with Gasteiger partial charge in [0.25, 0.3) is 5.56 Å². The van der Waals surface area contributed by atoms with E-state index in [1.807, 2.05) is 42.5 Å². The molecule has 28 heavy (non-hydrogen) atoms. The maximum Gasteiger partial charge on any atom is 0.257 e. The Morgan fingerprint density at radius 1 is 0.893 bits per heavy atom. The minimum Gasteiger partial charge on any atom is -0.321 e. The zero-order chi connectivity index (χ0) is 18.9. The first-order valence-corrected chi connectivity index (χ1v) is 10.3. The van der Waals surface area contributed by atoms with Gasteiger partial charge >= 0.3 is 0 Å². The van der Waals surface area contributed by atoms with Crippen LogP contribution >= 0.6 is 11.8 Å². The molecular formula is C24H18N2OS. The fourth-order valence-electron chi connectivity index (χ4n) is 3.74. The van der Waals surface area contributed by atoms with Crippen molar-refractivity contribution in [3.8, 4) is 22.4 Å². The molecule has 4 aromatic rings. The molecule has 0 spiro atoms. The van der Waals surface area contributed by atoms with Crippen molar-refractivity contribution < 1.29 is 0 Å². The molecule has 0 saturated heterocycles. The van der Waals surface area contributed by atoms with Crippen molar-refractivity contribution in [3.05, 3.63) is 94.9 Å². The number of aromatic amines is 1. The highest BCUT2D eigenvalue weighted by molar-refractivity contribution is 8.08. The summed E-state index contributed by atoms with van der Waals surface area (Å²) in [6.07, 6.45) is 4.98. The van der Waals surface area contributed by atoms with Crippen LogP contribution in [0.5, 0.6) is 0 Å². The molecular weight excluding hydrogens is 364 g/mol. The quantitative estimate of drug-likeness (QED) is 0.492. The lowest BCUT2D eigenvalue weighted by atomic mass is 9.94. The molecule has 1 N–H and O–H groups in total. The molecule has 5 rings (SSSR count). The zero-order valence-electron chi connectivity index (χ0n) is 15.2. The number of benzene rings is 2. The number of hydrogen-bond donors (Lipinski definition) is 1. The number of thioether (sulfide) groups is 1. The Balaban J connectivity index is 1.81. The van der Waals surface area contributed by atoms with E-state index in [2.05, 4.69) is 40.3 Å². The molecule has 2 aromatic heterocycles. The van der Waals surface area contributed by atoms with Gasteiger partial charge in [0, 0.05) is 38.9 Å². The second-order valence-electron chi connectivity index (χ2n) is 6.75. The Hall–Kier alpha value is -3.11. The van der Waals surface area contributed by atoms with Crippen LogP contribution in [-0.4, -0.2) is 15.7 Å². The van der Waals surface area contributed by atoms with E-state index >= 15 is 0 Å². The van der Waals surface area contributed by atoms with E-state index in [4.69, 9.17) is 0 Å². The van der Waals surface area contributed by atoms with Gasteiger partial charge in [-0.05, 0) is 36.2 Å². The number of H-pyrrole nitrogens is 1. The summed E-state index contributed by atoms with van der Waals surface area (Å²) in [6, 6.07) is 22.2. The summed E-state index contributed by atoms with van der Waals surface area (Å²) < 4.78 is 0. The van der Waals surface area contributed by atoms with Gasteiger partial charge in [-0.3, -0.25) is 9.78 Å². The molecule has 2 aromatic carbocycles. The van der Waals surface area contributed by atoms with Crippen molar-refractivity contribution in [1.82, 2.24) is 9.97 Å². The highest BCUT2D eigenvalue weighted by atomic mass is 32.2. The monoisotopic (exact) mass is 382 g/mol. The summed E-state index contributed by atoms with van der Waals surface area (Å²) >= 11 is 1.76. The third-order valence-electron chi connectivity index (χ3n) is 4.99. The molecule has 0 fully saturated rings. The molecule has 0 radical (unpaired) electrons. The molecule has 0 bridgehead atoms. The fourth-order valence-corrected chi connectivity index (χ4v) is 4.77. The fraction of sp³-hybridized carbons (Fsp3) is 0.0833. The summed E-state index contributed by atoms with van der Waals surface area (Å²) in [4.78, 5) is 21.7. The van der Waals surface area contributed by atoms with Crippen LogP contribution in [-0.2, 0) is 0 Å². The average Bonchev–Trinajstić information content (AvgIpc) is 3.28. The lowest BCUT2D eigenvalue weighted by Crippen LogP contribution is -2.13. The number of rotatable bonds is 3. The van der Waals surface area contributed by atoms with Gasteiger partial charge < -0.3 is 4.98 Å².